The largest absolute Gasteiger partial charge is 0.493 e. The minimum absolute atomic E-state index is 0.0182. The van der Waals surface area contributed by atoms with Crippen LogP contribution in [0.5, 0.6) is 11.5 Å². The normalized spacial score (nSPS) is 9.96. The Morgan fingerprint density at radius 3 is 2.80 bits per heavy atom. The van der Waals surface area contributed by atoms with Crippen molar-refractivity contribution in [2.45, 2.75) is 19.4 Å². The molecule has 1 amide bonds. The molecule has 0 aliphatic rings. The Bertz CT molecular complexity index is 772. The van der Waals surface area contributed by atoms with E-state index in [0.717, 1.165) is 10.0 Å². The average molecular weight is 403 g/mol. The van der Waals surface area contributed by atoms with Gasteiger partial charge in [-0.3, -0.25) is 4.79 Å². The molecule has 5 nitrogen and oxygen atoms in total. The van der Waals surface area contributed by atoms with Crippen molar-refractivity contribution >= 4 is 21.8 Å². The molecule has 0 aromatic heterocycles. The van der Waals surface area contributed by atoms with Crippen LogP contribution in [0, 0.1) is 11.3 Å². The molecular weight excluding hydrogens is 384 g/mol. The number of methoxy groups -OCH3 is 1. The van der Waals surface area contributed by atoms with E-state index in [9.17, 15) is 4.79 Å². The van der Waals surface area contributed by atoms with Crippen LogP contribution in [0.1, 0.15) is 24.0 Å². The fourth-order valence-corrected chi connectivity index (χ4v) is 2.65. The number of amides is 1. The van der Waals surface area contributed by atoms with Crippen molar-refractivity contribution in [3.63, 3.8) is 0 Å². The van der Waals surface area contributed by atoms with Crippen molar-refractivity contribution in [2.24, 2.45) is 0 Å². The lowest BCUT2D eigenvalue weighted by Crippen LogP contribution is -2.22. The molecular formula is C19H19BrN2O3. The fraction of sp³-hybridized carbons (Fsp3) is 0.263. The minimum atomic E-state index is -0.0182. The van der Waals surface area contributed by atoms with E-state index in [-0.39, 0.29) is 5.91 Å². The lowest BCUT2D eigenvalue weighted by molar-refractivity contribution is -0.121. The van der Waals surface area contributed by atoms with E-state index in [4.69, 9.17) is 14.7 Å². The first-order valence-electron chi connectivity index (χ1n) is 7.84. The van der Waals surface area contributed by atoms with Gasteiger partial charge in [-0.05, 0) is 36.2 Å². The van der Waals surface area contributed by atoms with Gasteiger partial charge >= 0.3 is 0 Å². The van der Waals surface area contributed by atoms with Gasteiger partial charge in [-0.2, -0.15) is 5.26 Å². The summed E-state index contributed by atoms with van der Waals surface area (Å²) >= 11 is 3.41. The third kappa shape index (κ3) is 6.12. The van der Waals surface area contributed by atoms with Gasteiger partial charge in [0.05, 0.1) is 25.3 Å². The van der Waals surface area contributed by atoms with Crippen molar-refractivity contribution < 1.29 is 14.3 Å². The Morgan fingerprint density at radius 2 is 2.08 bits per heavy atom. The molecule has 0 heterocycles. The van der Waals surface area contributed by atoms with Crippen LogP contribution in [0.4, 0.5) is 0 Å². The van der Waals surface area contributed by atoms with Crippen molar-refractivity contribution in [3.8, 4) is 17.6 Å². The number of ether oxygens (including phenoxy) is 2. The molecule has 0 unspecified atom stereocenters. The molecule has 0 saturated heterocycles. The monoisotopic (exact) mass is 402 g/mol. The highest BCUT2D eigenvalue weighted by molar-refractivity contribution is 9.10. The summed E-state index contributed by atoms with van der Waals surface area (Å²) in [5.41, 5.74) is 1.55. The highest BCUT2D eigenvalue weighted by Gasteiger charge is 2.07. The smallest absolute Gasteiger partial charge is 0.220 e. The Balaban J connectivity index is 1.72. The molecule has 6 heteroatoms. The van der Waals surface area contributed by atoms with Crippen molar-refractivity contribution in [2.75, 3.05) is 13.7 Å². The van der Waals surface area contributed by atoms with Gasteiger partial charge < -0.3 is 14.8 Å². The molecule has 0 spiro atoms. The maximum atomic E-state index is 11.9. The number of nitrogens with one attached hydrogen (secondary N) is 1. The Labute approximate surface area is 155 Å². The van der Waals surface area contributed by atoms with Crippen LogP contribution in [0.3, 0.4) is 0 Å². The summed E-state index contributed by atoms with van der Waals surface area (Å²) in [5, 5.41) is 11.8. The molecule has 0 aliphatic heterocycles. The molecule has 1 N–H and O–H groups in total. The number of nitrogens with zero attached hydrogens (tertiary/aromatic N) is 1. The maximum absolute atomic E-state index is 11.9. The summed E-state index contributed by atoms with van der Waals surface area (Å²) in [6.07, 6.45) is 0.972. The highest BCUT2D eigenvalue weighted by Crippen LogP contribution is 2.27. The van der Waals surface area contributed by atoms with E-state index in [1.807, 2.05) is 24.3 Å². The van der Waals surface area contributed by atoms with Crippen LogP contribution in [0.2, 0.25) is 0 Å². The van der Waals surface area contributed by atoms with Gasteiger partial charge in [-0.15, -0.1) is 0 Å². The van der Waals surface area contributed by atoms with E-state index < -0.39 is 0 Å². The van der Waals surface area contributed by atoms with Crippen LogP contribution in [-0.4, -0.2) is 19.6 Å². The molecule has 0 saturated carbocycles. The summed E-state index contributed by atoms with van der Waals surface area (Å²) in [7, 11) is 1.53. The maximum Gasteiger partial charge on any atom is 0.220 e. The average Bonchev–Trinajstić information content (AvgIpc) is 2.63. The second-order valence-corrected chi connectivity index (χ2v) is 6.25. The van der Waals surface area contributed by atoms with Crippen LogP contribution >= 0.6 is 15.9 Å². The van der Waals surface area contributed by atoms with Crippen LogP contribution in [0.25, 0.3) is 0 Å². The van der Waals surface area contributed by atoms with E-state index >= 15 is 0 Å². The number of hydrogen-bond donors (Lipinski definition) is 1. The predicted octanol–water partition coefficient (Wildman–Crippen LogP) is 3.80. The number of rotatable bonds is 8. The second kappa shape index (κ2) is 9.70. The van der Waals surface area contributed by atoms with Crippen molar-refractivity contribution in [1.29, 1.82) is 5.26 Å². The predicted molar refractivity (Wildman–Crippen MR) is 98.4 cm³/mol. The zero-order chi connectivity index (χ0) is 18.1. The standard InChI is InChI=1S/C19H19BrN2O3/c1-24-18-11-14(12-21)7-8-17(18)25-9-3-6-19(23)22-13-15-4-2-5-16(20)10-15/h2,4-5,7-8,10-11H,3,6,9,13H2,1H3,(H,22,23). The quantitative estimate of drug-likeness (QED) is 0.681. The van der Waals surface area contributed by atoms with Crippen LogP contribution in [-0.2, 0) is 11.3 Å². The van der Waals surface area contributed by atoms with Crippen molar-refractivity contribution in [3.05, 3.63) is 58.1 Å². The summed E-state index contributed by atoms with van der Waals surface area (Å²) in [6.45, 7) is 0.898. The SMILES string of the molecule is COc1cc(C#N)ccc1OCCCC(=O)NCc1cccc(Br)c1. The zero-order valence-electron chi connectivity index (χ0n) is 13.9. The fourth-order valence-electron chi connectivity index (χ4n) is 2.21. The molecule has 0 atom stereocenters. The molecule has 130 valence electrons. The molecule has 2 rings (SSSR count). The number of benzene rings is 2. The van der Waals surface area contributed by atoms with Crippen molar-refractivity contribution in [1.82, 2.24) is 5.32 Å². The second-order valence-electron chi connectivity index (χ2n) is 5.34. The van der Waals surface area contributed by atoms with E-state index in [1.165, 1.54) is 7.11 Å². The molecule has 2 aromatic carbocycles. The molecule has 0 bridgehead atoms. The summed E-state index contributed by atoms with van der Waals surface area (Å²) in [6, 6.07) is 14.9. The number of nitriles is 1. The van der Waals surface area contributed by atoms with Gasteiger partial charge in [0.25, 0.3) is 0 Å². The Kier molecular flexibility index (Phi) is 7.30. The first-order chi connectivity index (χ1) is 12.1. The third-order valence-electron chi connectivity index (χ3n) is 3.48. The Morgan fingerprint density at radius 1 is 1.24 bits per heavy atom. The van der Waals surface area contributed by atoms with Gasteiger partial charge in [0.15, 0.2) is 11.5 Å². The lowest BCUT2D eigenvalue weighted by atomic mass is 10.2. The van der Waals surface area contributed by atoms with Gasteiger partial charge in [-0.1, -0.05) is 28.1 Å². The topological polar surface area (TPSA) is 71.3 Å². The third-order valence-corrected chi connectivity index (χ3v) is 3.97. The van der Waals surface area contributed by atoms with Crippen LogP contribution < -0.4 is 14.8 Å². The molecule has 0 aliphatic carbocycles. The Hall–Kier alpha value is -2.52. The van der Waals surface area contributed by atoms with Gasteiger partial charge in [0.1, 0.15) is 0 Å². The van der Waals surface area contributed by atoms with E-state index in [0.29, 0.717) is 43.1 Å². The highest BCUT2D eigenvalue weighted by atomic mass is 79.9. The number of carbonyl (C=O) groups is 1. The van der Waals surface area contributed by atoms with Crippen LogP contribution in [0.15, 0.2) is 46.9 Å². The van der Waals surface area contributed by atoms with E-state index in [1.54, 1.807) is 18.2 Å². The number of halogens is 1. The first kappa shape index (κ1) is 18.8. The molecule has 2 aromatic rings. The van der Waals surface area contributed by atoms with Gasteiger partial charge in [0, 0.05) is 23.5 Å². The zero-order valence-corrected chi connectivity index (χ0v) is 15.5. The summed E-state index contributed by atoms with van der Waals surface area (Å²) in [5.74, 6) is 1.06. The van der Waals surface area contributed by atoms with E-state index in [2.05, 4.69) is 27.3 Å². The van der Waals surface area contributed by atoms with Gasteiger partial charge in [0.2, 0.25) is 5.91 Å². The molecule has 25 heavy (non-hydrogen) atoms. The number of carbonyl (C=O) groups excluding carboxylic acids is 1. The summed E-state index contributed by atoms with van der Waals surface area (Å²) < 4.78 is 11.8. The summed E-state index contributed by atoms with van der Waals surface area (Å²) in [4.78, 5) is 11.9. The lowest BCUT2D eigenvalue weighted by Gasteiger charge is -2.11. The molecule has 0 fully saturated rings. The number of hydrogen-bond acceptors (Lipinski definition) is 4. The minimum Gasteiger partial charge on any atom is -0.493 e. The molecule has 0 radical (unpaired) electrons. The van der Waals surface area contributed by atoms with Gasteiger partial charge in [-0.25, -0.2) is 0 Å². The first-order valence-corrected chi connectivity index (χ1v) is 8.63.